The lowest BCUT2D eigenvalue weighted by molar-refractivity contribution is -0.138. The van der Waals surface area contributed by atoms with Gasteiger partial charge in [-0.2, -0.15) is 0 Å². The van der Waals surface area contributed by atoms with Gasteiger partial charge in [-0.1, -0.05) is 33.6 Å². The van der Waals surface area contributed by atoms with E-state index < -0.39 is 5.97 Å². The normalized spacial score (nSPS) is 24.5. The summed E-state index contributed by atoms with van der Waals surface area (Å²) in [5.41, 5.74) is 0. The Hall–Kier alpha value is -2.32. The summed E-state index contributed by atoms with van der Waals surface area (Å²) < 4.78 is 0. The van der Waals surface area contributed by atoms with Crippen LogP contribution in [0.25, 0.3) is 0 Å². The van der Waals surface area contributed by atoms with Crippen molar-refractivity contribution in [3.05, 3.63) is 0 Å². The number of nitrogens with zero attached hydrogens (tertiary/aromatic N) is 1. The third-order valence-corrected chi connectivity index (χ3v) is 7.30. The van der Waals surface area contributed by atoms with Crippen LogP contribution in [0, 0.1) is 11.8 Å². The van der Waals surface area contributed by atoms with Gasteiger partial charge >= 0.3 is 12.0 Å². The van der Waals surface area contributed by atoms with Gasteiger partial charge in [0.25, 0.3) is 0 Å². The number of rotatable bonds is 12. The lowest BCUT2D eigenvalue weighted by Gasteiger charge is -2.33. The van der Waals surface area contributed by atoms with Crippen LogP contribution in [-0.4, -0.2) is 65.0 Å². The van der Waals surface area contributed by atoms with Crippen molar-refractivity contribution >= 4 is 23.8 Å². The second-order valence-electron chi connectivity index (χ2n) is 10.8. The first-order valence-electron chi connectivity index (χ1n) is 13.5. The Balaban J connectivity index is 1.73. The van der Waals surface area contributed by atoms with E-state index in [9.17, 15) is 19.2 Å². The summed E-state index contributed by atoms with van der Waals surface area (Å²) in [4.78, 5) is 50.0. The van der Waals surface area contributed by atoms with Crippen molar-refractivity contribution < 1.29 is 24.3 Å². The van der Waals surface area contributed by atoms with E-state index in [0.29, 0.717) is 18.4 Å². The highest BCUT2D eigenvalue weighted by Crippen LogP contribution is 2.24. The van der Waals surface area contributed by atoms with Gasteiger partial charge in [0.15, 0.2) is 0 Å². The van der Waals surface area contributed by atoms with E-state index in [1.807, 2.05) is 0 Å². The van der Waals surface area contributed by atoms with E-state index in [0.717, 1.165) is 38.5 Å². The molecule has 4 N–H and O–H groups in total. The van der Waals surface area contributed by atoms with Crippen LogP contribution in [0.5, 0.6) is 0 Å². The van der Waals surface area contributed by atoms with Crippen LogP contribution in [0.3, 0.4) is 0 Å². The average Bonchev–Trinajstić information content (AvgIpc) is 2.79. The standard InChI is InChI=1S/C26H46N4O5/c1-18(2)15-16-30(24(32)9-6-10-25(33)34)17-23(31)27-20-11-13-21(14-12-20)28-26(35)29-22-8-5-4-7-19(22)3/h18-22H,4-17H2,1-3H3,(H,27,31)(H,33,34)(H2,28,29,35). The molecule has 0 radical (unpaired) electrons. The maximum atomic E-state index is 12.7. The zero-order valence-electron chi connectivity index (χ0n) is 21.8. The van der Waals surface area contributed by atoms with Crippen LogP contribution < -0.4 is 16.0 Å². The maximum Gasteiger partial charge on any atom is 0.315 e. The Morgan fingerprint density at radius 2 is 1.51 bits per heavy atom. The van der Waals surface area contributed by atoms with Crippen LogP contribution in [0.1, 0.15) is 97.8 Å². The third kappa shape index (κ3) is 11.3. The van der Waals surface area contributed by atoms with E-state index in [2.05, 4.69) is 36.7 Å². The minimum atomic E-state index is -0.921. The fourth-order valence-electron chi connectivity index (χ4n) is 5.01. The van der Waals surface area contributed by atoms with Crippen LogP contribution in [0.2, 0.25) is 0 Å². The molecule has 2 atom stereocenters. The monoisotopic (exact) mass is 494 g/mol. The number of carbonyl (C=O) groups excluding carboxylic acids is 3. The summed E-state index contributed by atoms with van der Waals surface area (Å²) in [7, 11) is 0. The van der Waals surface area contributed by atoms with Crippen molar-refractivity contribution in [3.8, 4) is 0 Å². The fraction of sp³-hybridized carbons (Fsp3) is 0.846. The summed E-state index contributed by atoms with van der Waals surface area (Å²) in [6, 6.07) is 0.319. The maximum absolute atomic E-state index is 12.7. The summed E-state index contributed by atoms with van der Waals surface area (Å²) in [6.07, 6.45) is 8.96. The summed E-state index contributed by atoms with van der Waals surface area (Å²) >= 11 is 0. The third-order valence-electron chi connectivity index (χ3n) is 7.30. The molecule has 0 aromatic rings. The number of carboxylic acid groups (broad SMARTS) is 1. The molecule has 2 aliphatic carbocycles. The number of nitrogens with one attached hydrogen (secondary N) is 3. The van der Waals surface area contributed by atoms with Crippen LogP contribution in [0.15, 0.2) is 0 Å². The molecule has 2 aliphatic rings. The molecule has 2 fully saturated rings. The van der Waals surface area contributed by atoms with Gasteiger partial charge < -0.3 is 26.0 Å². The SMILES string of the molecule is CC(C)CCN(CC(=O)NC1CCC(NC(=O)NC2CCCCC2C)CC1)C(=O)CCCC(=O)O. The van der Waals surface area contributed by atoms with Crippen molar-refractivity contribution in [3.63, 3.8) is 0 Å². The van der Waals surface area contributed by atoms with E-state index >= 15 is 0 Å². The minimum absolute atomic E-state index is 0.00121. The lowest BCUT2D eigenvalue weighted by atomic mass is 9.86. The molecule has 200 valence electrons. The van der Waals surface area contributed by atoms with Gasteiger partial charge in [0.2, 0.25) is 11.8 Å². The van der Waals surface area contributed by atoms with Gasteiger partial charge in [0.1, 0.15) is 0 Å². The molecule has 0 aliphatic heterocycles. The summed E-state index contributed by atoms with van der Waals surface area (Å²) in [6.45, 7) is 6.82. The van der Waals surface area contributed by atoms with Crippen LogP contribution >= 0.6 is 0 Å². The molecule has 0 spiro atoms. The molecule has 2 unspecified atom stereocenters. The van der Waals surface area contributed by atoms with E-state index in [4.69, 9.17) is 5.11 Å². The molecule has 35 heavy (non-hydrogen) atoms. The topological polar surface area (TPSA) is 128 Å². The quantitative estimate of drug-likeness (QED) is 0.331. The predicted molar refractivity (Wildman–Crippen MR) is 135 cm³/mol. The summed E-state index contributed by atoms with van der Waals surface area (Å²) in [5.74, 6) is -0.359. The smallest absolute Gasteiger partial charge is 0.315 e. The number of carbonyl (C=O) groups is 4. The number of carboxylic acids is 1. The number of amides is 4. The summed E-state index contributed by atoms with van der Waals surface area (Å²) in [5, 5.41) is 18.1. The molecule has 2 saturated carbocycles. The van der Waals surface area contributed by atoms with Crippen molar-refractivity contribution in [1.82, 2.24) is 20.9 Å². The Morgan fingerprint density at radius 3 is 2.11 bits per heavy atom. The van der Waals surface area contributed by atoms with E-state index in [1.54, 1.807) is 4.90 Å². The largest absolute Gasteiger partial charge is 0.481 e. The van der Waals surface area contributed by atoms with Gasteiger partial charge in [0.05, 0.1) is 6.54 Å². The molecular formula is C26H46N4O5. The number of urea groups is 1. The van der Waals surface area contributed by atoms with Gasteiger partial charge in [0, 0.05) is 37.5 Å². The Labute approximate surface area is 210 Å². The molecule has 9 heteroatoms. The molecule has 9 nitrogen and oxygen atoms in total. The molecule has 0 aromatic heterocycles. The van der Waals surface area contributed by atoms with Crippen molar-refractivity contribution in [2.45, 2.75) is 116 Å². The minimum Gasteiger partial charge on any atom is -0.481 e. The van der Waals surface area contributed by atoms with Gasteiger partial charge in [-0.3, -0.25) is 14.4 Å². The zero-order chi connectivity index (χ0) is 25.8. The highest BCUT2D eigenvalue weighted by molar-refractivity contribution is 5.85. The Bertz CT molecular complexity index is 706. The number of hydrogen-bond donors (Lipinski definition) is 4. The van der Waals surface area contributed by atoms with Crippen LogP contribution in [0.4, 0.5) is 4.79 Å². The zero-order valence-corrected chi connectivity index (χ0v) is 21.8. The highest BCUT2D eigenvalue weighted by atomic mass is 16.4. The number of hydrogen-bond acceptors (Lipinski definition) is 4. The first kappa shape index (κ1) is 28.9. The first-order valence-corrected chi connectivity index (χ1v) is 13.5. The molecule has 0 heterocycles. The van der Waals surface area contributed by atoms with Crippen LogP contribution in [-0.2, 0) is 14.4 Å². The number of aliphatic carboxylic acids is 1. The molecule has 0 bridgehead atoms. The van der Waals surface area contributed by atoms with E-state index in [-0.39, 0.29) is 61.8 Å². The lowest BCUT2D eigenvalue weighted by Crippen LogP contribution is -2.51. The Kier molecular flexibility index (Phi) is 12.3. The van der Waals surface area contributed by atoms with E-state index in [1.165, 1.54) is 19.3 Å². The van der Waals surface area contributed by atoms with Crippen molar-refractivity contribution in [2.75, 3.05) is 13.1 Å². The molecule has 0 saturated heterocycles. The molecular weight excluding hydrogens is 448 g/mol. The van der Waals surface area contributed by atoms with Gasteiger partial charge in [-0.05, 0) is 63.2 Å². The highest BCUT2D eigenvalue weighted by Gasteiger charge is 2.27. The predicted octanol–water partition coefficient (Wildman–Crippen LogP) is 3.42. The second-order valence-corrected chi connectivity index (χ2v) is 10.8. The van der Waals surface area contributed by atoms with Crippen molar-refractivity contribution in [2.24, 2.45) is 11.8 Å². The second kappa shape index (κ2) is 14.9. The Morgan fingerprint density at radius 1 is 0.886 bits per heavy atom. The van der Waals surface area contributed by atoms with Gasteiger partial charge in [-0.15, -0.1) is 0 Å². The molecule has 4 amide bonds. The first-order chi connectivity index (χ1) is 16.6. The van der Waals surface area contributed by atoms with Gasteiger partial charge in [-0.25, -0.2) is 4.79 Å². The molecule has 0 aromatic carbocycles. The average molecular weight is 495 g/mol. The van der Waals surface area contributed by atoms with Crippen molar-refractivity contribution in [1.29, 1.82) is 0 Å². The fourth-order valence-corrected chi connectivity index (χ4v) is 5.01. The molecule has 2 rings (SSSR count).